The van der Waals surface area contributed by atoms with Crippen molar-refractivity contribution >= 4 is 27.3 Å². The Hall–Kier alpha value is -2.98. The van der Waals surface area contributed by atoms with E-state index >= 15 is 0 Å². The molecule has 1 aliphatic rings. The summed E-state index contributed by atoms with van der Waals surface area (Å²) in [6.07, 6.45) is 1.67. The highest BCUT2D eigenvalue weighted by molar-refractivity contribution is 7.90. The molecule has 0 unspecified atom stereocenters. The van der Waals surface area contributed by atoms with Gasteiger partial charge in [0.15, 0.2) is 0 Å². The van der Waals surface area contributed by atoms with E-state index in [-0.39, 0.29) is 27.9 Å². The van der Waals surface area contributed by atoms with Crippen molar-refractivity contribution in [1.29, 1.82) is 0 Å². The van der Waals surface area contributed by atoms with Gasteiger partial charge in [0.2, 0.25) is 0 Å². The number of carbonyl (C=O) groups is 1. The van der Waals surface area contributed by atoms with E-state index in [1.54, 1.807) is 18.2 Å². The largest absolute Gasteiger partial charge is 0.377 e. The number of nitrogens with one attached hydrogen (secondary N) is 2. The van der Waals surface area contributed by atoms with Crippen molar-refractivity contribution in [2.45, 2.75) is 23.8 Å². The third-order valence-electron chi connectivity index (χ3n) is 4.82. The van der Waals surface area contributed by atoms with Crippen LogP contribution in [-0.4, -0.2) is 50.3 Å². The molecule has 29 heavy (non-hydrogen) atoms. The first-order valence-corrected chi connectivity index (χ1v) is 10.6. The molecule has 0 atom stereocenters. The van der Waals surface area contributed by atoms with Gasteiger partial charge in [-0.25, -0.2) is 13.1 Å². The number of hydrogen-bond acceptors (Lipinski definition) is 7. The van der Waals surface area contributed by atoms with Gasteiger partial charge in [0.1, 0.15) is 5.69 Å². The lowest BCUT2D eigenvalue weighted by Gasteiger charge is -2.30. The van der Waals surface area contributed by atoms with Crippen LogP contribution >= 0.6 is 0 Å². The molecule has 1 saturated heterocycles. The van der Waals surface area contributed by atoms with Gasteiger partial charge in [0.25, 0.3) is 21.6 Å². The van der Waals surface area contributed by atoms with Gasteiger partial charge < -0.3 is 10.2 Å². The van der Waals surface area contributed by atoms with Gasteiger partial charge >= 0.3 is 0 Å². The first kappa shape index (κ1) is 20.7. The van der Waals surface area contributed by atoms with E-state index in [9.17, 15) is 23.3 Å². The van der Waals surface area contributed by atoms with Crippen molar-refractivity contribution < 1.29 is 18.1 Å². The van der Waals surface area contributed by atoms with Gasteiger partial charge in [-0.2, -0.15) is 0 Å². The van der Waals surface area contributed by atoms with Gasteiger partial charge in [-0.15, -0.1) is 0 Å². The molecule has 0 saturated carbocycles. The molecule has 1 heterocycles. The fraction of sp³-hybridized carbons (Fsp3) is 0.316. The standard InChI is InChI=1S/C19H22N4O5S/c1-22-11-9-15(10-12-22)20-17-8-7-16(13-18(17)23(25)26)29(27,28)21-19(24)14-5-3-2-4-6-14/h2-8,13,15,20H,9-12H2,1H3,(H,21,24). The van der Waals surface area contributed by atoms with E-state index in [2.05, 4.69) is 10.2 Å². The predicted molar refractivity (Wildman–Crippen MR) is 108 cm³/mol. The molecule has 0 aliphatic carbocycles. The number of carbonyl (C=O) groups excluding carboxylic acids is 1. The molecule has 2 aromatic carbocycles. The van der Waals surface area contributed by atoms with Gasteiger partial charge in [-0.3, -0.25) is 14.9 Å². The summed E-state index contributed by atoms with van der Waals surface area (Å²) in [7, 11) is -2.24. The summed E-state index contributed by atoms with van der Waals surface area (Å²) in [4.78, 5) is 24.9. The number of anilines is 1. The van der Waals surface area contributed by atoms with E-state index in [0.29, 0.717) is 0 Å². The van der Waals surface area contributed by atoms with E-state index < -0.39 is 20.9 Å². The quantitative estimate of drug-likeness (QED) is 0.545. The number of hydrogen-bond donors (Lipinski definition) is 2. The Morgan fingerprint density at radius 1 is 1.14 bits per heavy atom. The molecule has 3 rings (SSSR count). The van der Waals surface area contributed by atoms with Crippen LogP contribution in [0.1, 0.15) is 23.2 Å². The van der Waals surface area contributed by atoms with Crippen LogP contribution in [0.25, 0.3) is 0 Å². The van der Waals surface area contributed by atoms with Crippen LogP contribution in [0.3, 0.4) is 0 Å². The highest BCUT2D eigenvalue weighted by atomic mass is 32.2. The number of benzene rings is 2. The van der Waals surface area contributed by atoms with E-state index in [1.165, 1.54) is 24.3 Å². The molecular formula is C19H22N4O5S. The lowest BCUT2D eigenvalue weighted by Crippen LogP contribution is -2.36. The summed E-state index contributed by atoms with van der Waals surface area (Å²) in [5, 5.41) is 14.7. The van der Waals surface area contributed by atoms with Crippen LogP contribution in [0.15, 0.2) is 53.4 Å². The Morgan fingerprint density at radius 3 is 2.41 bits per heavy atom. The molecule has 2 aromatic rings. The predicted octanol–water partition coefficient (Wildman–Crippen LogP) is 2.22. The zero-order valence-electron chi connectivity index (χ0n) is 15.9. The Balaban J connectivity index is 1.81. The number of nitro benzene ring substituents is 1. The van der Waals surface area contributed by atoms with Gasteiger partial charge in [-0.1, -0.05) is 18.2 Å². The third kappa shape index (κ3) is 5.09. The molecule has 0 radical (unpaired) electrons. The second-order valence-electron chi connectivity index (χ2n) is 6.96. The van der Waals surface area contributed by atoms with Crippen molar-refractivity contribution in [3.63, 3.8) is 0 Å². The maximum absolute atomic E-state index is 12.5. The van der Waals surface area contributed by atoms with E-state index in [0.717, 1.165) is 32.0 Å². The van der Waals surface area contributed by atoms with Crippen molar-refractivity contribution in [3.8, 4) is 0 Å². The average molecular weight is 418 g/mol. The number of rotatable bonds is 6. The maximum Gasteiger partial charge on any atom is 0.293 e. The fourth-order valence-corrected chi connectivity index (χ4v) is 4.15. The smallest absolute Gasteiger partial charge is 0.293 e. The Bertz CT molecular complexity index is 1000. The van der Waals surface area contributed by atoms with Crippen LogP contribution in [0, 0.1) is 10.1 Å². The lowest BCUT2D eigenvalue weighted by molar-refractivity contribution is -0.384. The summed E-state index contributed by atoms with van der Waals surface area (Å²) in [5.41, 5.74) is 0.0861. The molecule has 1 amide bonds. The first-order valence-electron chi connectivity index (χ1n) is 9.12. The molecule has 1 aliphatic heterocycles. The van der Waals surface area contributed by atoms with Crippen molar-refractivity contribution in [3.05, 3.63) is 64.2 Å². The summed E-state index contributed by atoms with van der Waals surface area (Å²) in [6, 6.07) is 11.5. The molecule has 0 aromatic heterocycles. The molecule has 10 heteroatoms. The highest BCUT2D eigenvalue weighted by Crippen LogP contribution is 2.29. The lowest BCUT2D eigenvalue weighted by atomic mass is 10.1. The van der Waals surface area contributed by atoms with Crippen LogP contribution in [0.4, 0.5) is 11.4 Å². The van der Waals surface area contributed by atoms with Crippen LogP contribution in [0.5, 0.6) is 0 Å². The zero-order valence-corrected chi connectivity index (χ0v) is 16.7. The molecular weight excluding hydrogens is 396 g/mol. The second-order valence-corrected chi connectivity index (χ2v) is 8.64. The summed E-state index contributed by atoms with van der Waals surface area (Å²) >= 11 is 0. The normalized spacial score (nSPS) is 15.6. The molecule has 2 N–H and O–H groups in total. The molecule has 154 valence electrons. The van der Waals surface area contributed by atoms with Crippen molar-refractivity contribution in [2.75, 3.05) is 25.5 Å². The minimum absolute atomic E-state index is 0.0742. The summed E-state index contributed by atoms with van der Waals surface area (Å²) < 4.78 is 27.0. The van der Waals surface area contributed by atoms with Gasteiger partial charge in [-0.05, 0) is 57.2 Å². The van der Waals surface area contributed by atoms with E-state index in [1.807, 2.05) is 11.8 Å². The van der Waals surface area contributed by atoms with Crippen molar-refractivity contribution in [2.24, 2.45) is 0 Å². The highest BCUT2D eigenvalue weighted by Gasteiger charge is 2.25. The Labute approximate surface area is 168 Å². The molecule has 0 spiro atoms. The molecule has 9 nitrogen and oxygen atoms in total. The Kier molecular flexibility index (Phi) is 6.14. The monoisotopic (exact) mass is 418 g/mol. The second kappa shape index (κ2) is 8.58. The van der Waals surface area contributed by atoms with Crippen LogP contribution in [-0.2, 0) is 10.0 Å². The molecule has 0 bridgehead atoms. The number of sulfonamides is 1. The third-order valence-corrected chi connectivity index (χ3v) is 6.15. The SMILES string of the molecule is CN1CCC(Nc2ccc(S(=O)(=O)NC(=O)c3ccccc3)cc2[N+](=O)[O-])CC1. The van der Waals surface area contributed by atoms with Crippen molar-refractivity contribution in [1.82, 2.24) is 9.62 Å². The van der Waals surface area contributed by atoms with E-state index in [4.69, 9.17) is 0 Å². The first-order chi connectivity index (χ1) is 13.8. The zero-order chi connectivity index (χ0) is 21.0. The summed E-state index contributed by atoms with van der Waals surface area (Å²) in [6.45, 7) is 1.76. The number of nitro groups is 1. The summed E-state index contributed by atoms with van der Waals surface area (Å²) in [5.74, 6) is -0.804. The minimum Gasteiger partial charge on any atom is -0.377 e. The minimum atomic E-state index is -4.26. The van der Waals surface area contributed by atoms with Gasteiger partial charge in [0.05, 0.1) is 9.82 Å². The Morgan fingerprint density at radius 2 is 1.79 bits per heavy atom. The maximum atomic E-state index is 12.5. The topological polar surface area (TPSA) is 122 Å². The number of likely N-dealkylation sites (tertiary alicyclic amines) is 1. The average Bonchev–Trinajstić information content (AvgIpc) is 2.70. The fourth-order valence-electron chi connectivity index (χ4n) is 3.15. The number of nitrogens with zero attached hydrogens (tertiary/aromatic N) is 2. The number of amides is 1. The van der Waals surface area contributed by atoms with Crippen LogP contribution in [0.2, 0.25) is 0 Å². The number of piperidine rings is 1. The van der Waals surface area contributed by atoms with Crippen LogP contribution < -0.4 is 10.0 Å². The van der Waals surface area contributed by atoms with Gasteiger partial charge in [0, 0.05) is 17.7 Å². The molecule has 1 fully saturated rings.